The number of carbonyl (C=O) groups is 2. The number of nitrogens with zero attached hydrogens (tertiary/aromatic N) is 2. The van der Waals surface area contributed by atoms with Crippen molar-refractivity contribution >= 4 is 46.3 Å². The molecule has 1 aromatic heterocycles. The van der Waals surface area contributed by atoms with E-state index in [1.165, 1.54) is 30.0 Å². The van der Waals surface area contributed by atoms with Crippen molar-refractivity contribution in [3.63, 3.8) is 0 Å². The van der Waals surface area contributed by atoms with Crippen LogP contribution in [0.15, 0.2) is 52.7 Å². The standard InChI is InChI=1S/C21H19N3O5S2/c1-13-7-8-16(24(27)28)9-18(13)23-20(25)10-29-21(26)17-5-3-4-6-19(17)31-12-15-11-30-14(2)22-15/h3-9,11H,10,12H2,1-2H3,(H,23,25). The third-order valence-electron chi connectivity index (χ3n) is 4.19. The second-order valence-corrected chi connectivity index (χ2v) is 8.60. The van der Waals surface area contributed by atoms with E-state index in [4.69, 9.17) is 4.74 Å². The topological polar surface area (TPSA) is 111 Å². The van der Waals surface area contributed by atoms with Crippen LogP contribution in [0.2, 0.25) is 0 Å². The molecule has 3 rings (SSSR count). The van der Waals surface area contributed by atoms with Crippen LogP contribution in [0.5, 0.6) is 0 Å². The van der Waals surface area contributed by atoms with E-state index < -0.39 is 23.4 Å². The summed E-state index contributed by atoms with van der Waals surface area (Å²) in [6.07, 6.45) is 0. The summed E-state index contributed by atoms with van der Waals surface area (Å²) in [4.78, 5) is 40.3. The zero-order chi connectivity index (χ0) is 22.4. The first-order valence-corrected chi connectivity index (χ1v) is 11.0. The van der Waals surface area contributed by atoms with Crippen LogP contribution in [0.1, 0.15) is 26.6 Å². The molecule has 10 heteroatoms. The minimum absolute atomic E-state index is 0.140. The maximum atomic E-state index is 12.5. The van der Waals surface area contributed by atoms with Gasteiger partial charge in [-0.3, -0.25) is 14.9 Å². The molecule has 2 aromatic carbocycles. The lowest BCUT2D eigenvalue weighted by atomic mass is 10.2. The van der Waals surface area contributed by atoms with Gasteiger partial charge >= 0.3 is 5.97 Å². The number of nitrogens with one attached hydrogen (secondary N) is 1. The van der Waals surface area contributed by atoms with E-state index in [1.54, 1.807) is 30.4 Å². The zero-order valence-electron chi connectivity index (χ0n) is 16.8. The van der Waals surface area contributed by atoms with Crippen molar-refractivity contribution in [1.82, 2.24) is 4.98 Å². The van der Waals surface area contributed by atoms with E-state index in [2.05, 4.69) is 10.3 Å². The van der Waals surface area contributed by atoms with E-state index in [0.717, 1.165) is 15.6 Å². The number of amides is 1. The van der Waals surface area contributed by atoms with Crippen LogP contribution in [0.25, 0.3) is 0 Å². The van der Waals surface area contributed by atoms with Crippen LogP contribution < -0.4 is 5.32 Å². The lowest BCUT2D eigenvalue weighted by Gasteiger charge is -2.10. The highest BCUT2D eigenvalue weighted by Gasteiger charge is 2.16. The predicted octanol–water partition coefficient (Wildman–Crippen LogP) is 4.76. The third kappa shape index (κ3) is 6.12. The quantitative estimate of drug-likeness (QED) is 0.225. The maximum Gasteiger partial charge on any atom is 0.339 e. The highest BCUT2D eigenvalue weighted by molar-refractivity contribution is 7.98. The fraction of sp³-hybridized carbons (Fsp3) is 0.190. The lowest BCUT2D eigenvalue weighted by molar-refractivity contribution is -0.384. The molecule has 1 N–H and O–H groups in total. The van der Waals surface area contributed by atoms with E-state index >= 15 is 0 Å². The summed E-state index contributed by atoms with van der Waals surface area (Å²) in [5, 5.41) is 16.4. The highest BCUT2D eigenvalue weighted by atomic mass is 32.2. The normalized spacial score (nSPS) is 10.5. The summed E-state index contributed by atoms with van der Waals surface area (Å²) >= 11 is 3.03. The van der Waals surface area contributed by atoms with Crippen molar-refractivity contribution < 1.29 is 19.2 Å². The van der Waals surface area contributed by atoms with Gasteiger partial charge in [0.25, 0.3) is 11.6 Å². The Balaban J connectivity index is 1.60. The van der Waals surface area contributed by atoms with E-state index in [9.17, 15) is 19.7 Å². The van der Waals surface area contributed by atoms with Crippen molar-refractivity contribution in [1.29, 1.82) is 0 Å². The van der Waals surface area contributed by atoms with Gasteiger partial charge < -0.3 is 10.1 Å². The lowest BCUT2D eigenvalue weighted by Crippen LogP contribution is -2.21. The maximum absolute atomic E-state index is 12.5. The Morgan fingerprint density at radius 1 is 1.23 bits per heavy atom. The molecule has 31 heavy (non-hydrogen) atoms. The Morgan fingerprint density at radius 3 is 2.71 bits per heavy atom. The molecule has 0 aliphatic rings. The molecule has 1 amide bonds. The Hall–Kier alpha value is -3.24. The Bertz CT molecular complexity index is 1130. The molecule has 160 valence electrons. The predicted molar refractivity (Wildman–Crippen MR) is 120 cm³/mol. The number of esters is 1. The fourth-order valence-electron chi connectivity index (χ4n) is 2.64. The number of nitro benzene ring substituents is 1. The SMILES string of the molecule is Cc1nc(CSc2ccccc2C(=O)OCC(=O)Nc2cc([N+](=O)[O-])ccc2C)cs1. The number of ether oxygens (including phenoxy) is 1. The van der Waals surface area contributed by atoms with Crippen molar-refractivity contribution in [2.24, 2.45) is 0 Å². The van der Waals surface area contributed by atoms with Gasteiger partial charge in [0.2, 0.25) is 0 Å². The molecule has 0 unspecified atom stereocenters. The number of anilines is 1. The molecule has 0 atom stereocenters. The average molecular weight is 458 g/mol. The second-order valence-electron chi connectivity index (χ2n) is 6.52. The number of rotatable bonds is 8. The molecular weight excluding hydrogens is 438 g/mol. The number of hydrogen-bond acceptors (Lipinski definition) is 8. The smallest absolute Gasteiger partial charge is 0.339 e. The van der Waals surface area contributed by atoms with Gasteiger partial charge in [0.15, 0.2) is 6.61 Å². The molecule has 3 aromatic rings. The number of non-ortho nitro benzene ring substituents is 1. The fourth-order valence-corrected chi connectivity index (χ4v) is 4.29. The first-order valence-electron chi connectivity index (χ1n) is 9.18. The van der Waals surface area contributed by atoms with Gasteiger partial charge in [-0.1, -0.05) is 18.2 Å². The monoisotopic (exact) mass is 457 g/mol. The number of nitro groups is 1. The molecule has 0 aliphatic heterocycles. The third-order valence-corrected chi connectivity index (χ3v) is 6.12. The van der Waals surface area contributed by atoms with Crippen molar-refractivity contribution in [2.45, 2.75) is 24.5 Å². The van der Waals surface area contributed by atoms with E-state index in [1.807, 2.05) is 24.4 Å². The zero-order valence-corrected chi connectivity index (χ0v) is 18.4. The first-order chi connectivity index (χ1) is 14.8. The summed E-state index contributed by atoms with van der Waals surface area (Å²) in [6.45, 7) is 3.14. The van der Waals surface area contributed by atoms with Crippen LogP contribution in [0.4, 0.5) is 11.4 Å². The minimum Gasteiger partial charge on any atom is -0.452 e. The first kappa shape index (κ1) is 22.4. The van der Waals surface area contributed by atoms with Gasteiger partial charge in [0.1, 0.15) is 0 Å². The molecule has 0 saturated carbocycles. The summed E-state index contributed by atoms with van der Waals surface area (Å²) in [5.41, 5.74) is 2.11. The summed E-state index contributed by atoms with van der Waals surface area (Å²) in [7, 11) is 0. The van der Waals surface area contributed by atoms with Gasteiger partial charge in [-0.2, -0.15) is 0 Å². The van der Waals surface area contributed by atoms with Gasteiger partial charge in [-0.25, -0.2) is 9.78 Å². The minimum atomic E-state index is -0.622. The van der Waals surface area contributed by atoms with Gasteiger partial charge in [-0.15, -0.1) is 23.1 Å². The largest absolute Gasteiger partial charge is 0.452 e. The summed E-state index contributed by atoms with van der Waals surface area (Å²) in [6, 6.07) is 11.2. The second kappa shape index (κ2) is 10.2. The number of benzene rings is 2. The van der Waals surface area contributed by atoms with Crippen molar-refractivity contribution in [3.05, 3.63) is 79.8 Å². The average Bonchev–Trinajstić information content (AvgIpc) is 3.17. The molecule has 0 saturated heterocycles. The molecule has 0 fully saturated rings. The Labute approximate surface area is 186 Å². The van der Waals surface area contributed by atoms with E-state index in [0.29, 0.717) is 22.6 Å². The Morgan fingerprint density at radius 2 is 2.00 bits per heavy atom. The summed E-state index contributed by atoms with van der Waals surface area (Å²) in [5.74, 6) is -0.593. The van der Waals surface area contributed by atoms with Crippen LogP contribution in [-0.2, 0) is 15.3 Å². The van der Waals surface area contributed by atoms with Gasteiger partial charge in [0.05, 0.1) is 26.9 Å². The van der Waals surface area contributed by atoms with Crippen LogP contribution in [0, 0.1) is 24.0 Å². The number of thioether (sulfide) groups is 1. The van der Waals surface area contributed by atoms with Crippen molar-refractivity contribution in [3.8, 4) is 0 Å². The van der Waals surface area contributed by atoms with Gasteiger partial charge in [-0.05, 0) is 31.5 Å². The van der Waals surface area contributed by atoms with E-state index in [-0.39, 0.29) is 5.69 Å². The molecule has 8 nitrogen and oxygen atoms in total. The molecule has 1 heterocycles. The van der Waals surface area contributed by atoms with Crippen molar-refractivity contribution in [2.75, 3.05) is 11.9 Å². The summed E-state index contributed by atoms with van der Waals surface area (Å²) < 4.78 is 5.16. The van der Waals surface area contributed by atoms with Crippen LogP contribution in [-0.4, -0.2) is 28.4 Å². The molecular formula is C21H19N3O5S2. The van der Waals surface area contributed by atoms with Crippen LogP contribution >= 0.6 is 23.1 Å². The van der Waals surface area contributed by atoms with Gasteiger partial charge in [0, 0.05) is 28.2 Å². The number of hydrogen-bond donors (Lipinski definition) is 1. The molecule has 0 bridgehead atoms. The molecule has 0 radical (unpaired) electrons. The molecule has 0 aliphatic carbocycles. The molecule has 0 spiro atoms. The number of thiazole rings is 1. The number of aromatic nitrogens is 1. The number of aryl methyl sites for hydroxylation is 2. The van der Waals surface area contributed by atoms with Crippen LogP contribution in [0.3, 0.4) is 0 Å². The Kier molecular flexibility index (Phi) is 7.37. The highest BCUT2D eigenvalue weighted by Crippen LogP contribution is 2.27. The number of carbonyl (C=O) groups excluding carboxylic acids is 2.